The predicted octanol–water partition coefficient (Wildman–Crippen LogP) is 2.22. The Morgan fingerprint density at radius 1 is 1.33 bits per heavy atom. The molecule has 1 amide bonds. The SMILES string of the molecule is CCCCNc1ncc(C(=O)NC(C)CC)cn1. The van der Waals surface area contributed by atoms with Gasteiger partial charge in [-0.2, -0.15) is 0 Å². The molecule has 0 spiro atoms. The summed E-state index contributed by atoms with van der Waals surface area (Å²) in [5.41, 5.74) is 0.497. The molecular formula is C13H22N4O. The number of hydrogen-bond acceptors (Lipinski definition) is 4. The normalized spacial score (nSPS) is 11.9. The molecule has 0 aliphatic carbocycles. The van der Waals surface area contributed by atoms with E-state index in [1.807, 2.05) is 13.8 Å². The van der Waals surface area contributed by atoms with Crippen molar-refractivity contribution in [1.29, 1.82) is 0 Å². The van der Waals surface area contributed by atoms with E-state index in [1.54, 1.807) is 12.4 Å². The lowest BCUT2D eigenvalue weighted by atomic mass is 10.2. The van der Waals surface area contributed by atoms with E-state index in [0.29, 0.717) is 11.5 Å². The Morgan fingerprint density at radius 2 is 2.00 bits per heavy atom. The van der Waals surface area contributed by atoms with Crippen LogP contribution in [0, 0.1) is 0 Å². The Morgan fingerprint density at radius 3 is 2.56 bits per heavy atom. The molecule has 18 heavy (non-hydrogen) atoms. The van der Waals surface area contributed by atoms with Crippen LogP contribution in [0.1, 0.15) is 50.4 Å². The fourth-order valence-electron chi connectivity index (χ4n) is 1.32. The van der Waals surface area contributed by atoms with Crippen molar-refractivity contribution in [1.82, 2.24) is 15.3 Å². The number of unbranched alkanes of at least 4 members (excludes halogenated alkanes) is 1. The highest BCUT2D eigenvalue weighted by atomic mass is 16.1. The topological polar surface area (TPSA) is 66.9 Å². The summed E-state index contributed by atoms with van der Waals surface area (Å²) < 4.78 is 0. The Labute approximate surface area is 108 Å². The zero-order valence-electron chi connectivity index (χ0n) is 11.4. The number of hydrogen-bond donors (Lipinski definition) is 2. The standard InChI is InChI=1S/C13H22N4O/c1-4-6-7-14-13-15-8-11(9-16-13)12(18)17-10(3)5-2/h8-10H,4-7H2,1-3H3,(H,17,18)(H,14,15,16). The van der Waals surface area contributed by atoms with Crippen LogP contribution in [0.2, 0.25) is 0 Å². The number of nitrogens with zero attached hydrogens (tertiary/aromatic N) is 2. The van der Waals surface area contributed by atoms with Gasteiger partial charge in [0.25, 0.3) is 5.91 Å². The van der Waals surface area contributed by atoms with Gasteiger partial charge in [0.2, 0.25) is 5.95 Å². The van der Waals surface area contributed by atoms with Crippen molar-refractivity contribution in [2.24, 2.45) is 0 Å². The summed E-state index contributed by atoms with van der Waals surface area (Å²) in [6.07, 6.45) is 6.23. The van der Waals surface area contributed by atoms with Crippen LogP contribution < -0.4 is 10.6 Å². The Bertz CT molecular complexity index is 364. The summed E-state index contributed by atoms with van der Waals surface area (Å²) in [5.74, 6) is 0.452. The van der Waals surface area contributed by atoms with E-state index in [0.717, 1.165) is 25.8 Å². The highest BCUT2D eigenvalue weighted by Crippen LogP contribution is 2.02. The zero-order valence-corrected chi connectivity index (χ0v) is 11.4. The minimum atomic E-state index is -0.121. The molecule has 0 aromatic carbocycles. The fourth-order valence-corrected chi connectivity index (χ4v) is 1.32. The van der Waals surface area contributed by atoms with Gasteiger partial charge in [-0.25, -0.2) is 9.97 Å². The lowest BCUT2D eigenvalue weighted by Crippen LogP contribution is -2.32. The molecule has 1 atom stereocenters. The molecule has 100 valence electrons. The van der Waals surface area contributed by atoms with Gasteiger partial charge >= 0.3 is 0 Å². The van der Waals surface area contributed by atoms with E-state index in [1.165, 1.54) is 0 Å². The third-order valence-corrected chi connectivity index (χ3v) is 2.72. The van der Waals surface area contributed by atoms with Crippen molar-refractivity contribution in [3.8, 4) is 0 Å². The number of rotatable bonds is 7. The Kier molecular flexibility index (Phi) is 6.11. The van der Waals surface area contributed by atoms with Crippen molar-refractivity contribution < 1.29 is 4.79 Å². The summed E-state index contributed by atoms with van der Waals surface area (Å²) in [5, 5.41) is 5.99. The maximum Gasteiger partial charge on any atom is 0.254 e. The van der Waals surface area contributed by atoms with Gasteiger partial charge in [-0.3, -0.25) is 4.79 Å². The lowest BCUT2D eigenvalue weighted by Gasteiger charge is -2.11. The van der Waals surface area contributed by atoms with Crippen molar-refractivity contribution in [3.05, 3.63) is 18.0 Å². The monoisotopic (exact) mass is 250 g/mol. The molecule has 0 radical (unpaired) electrons. The summed E-state index contributed by atoms with van der Waals surface area (Å²) >= 11 is 0. The van der Waals surface area contributed by atoms with Crippen LogP contribution in [0.5, 0.6) is 0 Å². The zero-order chi connectivity index (χ0) is 13.4. The number of carbonyl (C=O) groups is 1. The number of aromatic nitrogens is 2. The molecule has 0 bridgehead atoms. The second-order valence-electron chi connectivity index (χ2n) is 4.36. The van der Waals surface area contributed by atoms with E-state index in [4.69, 9.17) is 0 Å². The van der Waals surface area contributed by atoms with Crippen LogP contribution in [-0.4, -0.2) is 28.5 Å². The summed E-state index contributed by atoms with van der Waals surface area (Å²) in [6, 6.07) is 0.167. The molecule has 0 aliphatic heterocycles. The van der Waals surface area contributed by atoms with Crippen LogP contribution in [0.4, 0.5) is 5.95 Å². The van der Waals surface area contributed by atoms with Gasteiger partial charge in [0, 0.05) is 25.0 Å². The van der Waals surface area contributed by atoms with Gasteiger partial charge in [0.15, 0.2) is 0 Å². The fraction of sp³-hybridized carbons (Fsp3) is 0.615. The molecule has 1 aromatic rings. The predicted molar refractivity (Wildman–Crippen MR) is 72.6 cm³/mol. The molecule has 0 saturated heterocycles. The average Bonchev–Trinajstić information content (AvgIpc) is 2.39. The first-order chi connectivity index (χ1) is 8.67. The molecule has 5 nitrogen and oxygen atoms in total. The molecular weight excluding hydrogens is 228 g/mol. The van der Waals surface area contributed by atoms with Gasteiger partial charge in [-0.15, -0.1) is 0 Å². The minimum Gasteiger partial charge on any atom is -0.354 e. The van der Waals surface area contributed by atoms with Crippen molar-refractivity contribution >= 4 is 11.9 Å². The first-order valence-electron chi connectivity index (χ1n) is 6.54. The van der Waals surface area contributed by atoms with Gasteiger partial charge < -0.3 is 10.6 Å². The third kappa shape index (κ3) is 4.69. The van der Waals surface area contributed by atoms with Crippen LogP contribution in [0.3, 0.4) is 0 Å². The average molecular weight is 250 g/mol. The summed E-state index contributed by atoms with van der Waals surface area (Å²) in [7, 11) is 0. The smallest absolute Gasteiger partial charge is 0.254 e. The lowest BCUT2D eigenvalue weighted by molar-refractivity contribution is 0.0938. The number of carbonyl (C=O) groups excluding carboxylic acids is 1. The molecule has 1 unspecified atom stereocenters. The molecule has 0 fully saturated rings. The molecule has 0 saturated carbocycles. The van der Waals surface area contributed by atoms with Crippen molar-refractivity contribution in [2.75, 3.05) is 11.9 Å². The molecule has 2 N–H and O–H groups in total. The van der Waals surface area contributed by atoms with Gasteiger partial charge in [-0.05, 0) is 19.8 Å². The number of amides is 1. The van der Waals surface area contributed by atoms with E-state index in [2.05, 4.69) is 27.5 Å². The van der Waals surface area contributed by atoms with Gasteiger partial charge in [-0.1, -0.05) is 20.3 Å². The van der Waals surface area contributed by atoms with Crippen molar-refractivity contribution in [3.63, 3.8) is 0 Å². The first kappa shape index (κ1) is 14.4. The number of anilines is 1. The second-order valence-corrected chi connectivity index (χ2v) is 4.36. The molecule has 5 heteroatoms. The molecule has 0 aliphatic rings. The maximum absolute atomic E-state index is 11.8. The summed E-state index contributed by atoms with van der Waals surface area (Å²) in [4.78, 5) is 20.0. The molecule has 1 rings (SSSR count). The van der Waals surface area contributed by atoms with E-state index in [9.17, 15) is 4.79 Å². The second kappa shape index (κ2) is 7.63. The number of nitrogens with one attached hydrogen (secondary N) is 2. The van der Waals surface area contributed by atoms with Crippen LogP contribution in [-0.2, 0) is 0 Å². The van der Waals surface area contributed by atoms with Crippen molar-refractivity contribution in [2.45, 2.75) is 46.1 Å². The summed E-state index contributed by atoms with van der Waals surface area (Å²) in [6.45, 7) is 6.99. The maximum atomic E-state index is 11.8. The Balaban J connectivity index is 2.51. The third-order valence-electron chi connectivity index (χ3n) is 2.72. The van der Waals surface area contributed by atoms with E-state index >= 15 is 0 Å². The van der Waals surface area contributed by atoms with E-state index in [-0.39, 0.29) is 11.9 Å². The minimum absolute atomic E-state index is 0.121. The quantitative estimate of drug-likeness (QED) is 0.728. The van der Waals surface area contributed by atoms with E-state index < -0.39 is 0 Å². The highest BCUT2D eigenvalue weighted by Gasteiger charge is 2.09. The van der Waals surface area contributed by atoms with Gasteiger partial charge in [0.05, 0.1) is 5.56 Å². The molecule has 1 aromatic heterocycles. The van der Waals surface area contributed by atoms with Crippen LogP contribution in [0.25, 0.3) is 0 Å². The van der Waals surface area contributed by atoms with Crippen LogP contribution >= 0.6 is 0 Å². The van der Waals surface area contributed by atoms with Crippen LogP contribution in [0.15, 0.2) is 12.4 Å². The molecule has 1 heterocycles. The highest BCUT2D eigenvalue weighted by molar-refractivity contribution is 5.93. The first-order valence-corrected chi connectivity index (χ1v) is 6.54. The van der Waals surface area contributed by atoms with Gasteiger partial charge in [0.1, 0.15) is 0 Å². The Hall–Kier alpha value is -1.65. The largest absolute Gasteiger partial charge is 0.354 e.